The van der Waals surface area contributed by atoms with Gasteiger partial charge in [0.1, 0.15) is 5.75 Å². The molecule has 0 amide bonds. The van der Waals surface area contributed by atoms with Crippen molar-refractivity contribution in [1.29, 1.82) is 0 Å². The summed E-state index contributed by atoms with van der Waals surface area (Å²) >= 11 is 0. The number of alkyl halides is 2. The topological polar surface area (TPSA) is 35.9 Å². The number of nitrogens with zero attached hydrogens (tertiary/aromatic N) is 2. The third-order valence-corrected chi connectivity index (χ3v) is 6.41. The Morgan fingerprint density at radius 2 is 1.96 bits per heavy atom. The van der Waals surface area contributed by atoms with Gasteiger partial charge in [0, 0.05) is 45.1 Å². The van der Waals surface area contributed by atoms with Crippen LogP contribution in [0.25, 0.3) is 0 Å². The minimum Gasteiger partial charge on any atom is -0.433 e. The van der Waals surface area contributed by atoms with E-state index in [1.807, 2.05) is 6.07 Å². The highest BCUT2D eigenvalue weighted by atomic mass is 19.3. The molecule has 0 bridgehead atoms. The summed E-state index contributed by atoms with van der Waals surface area (Å²) in [5, 5.41) is 11.5. The number of halogens is 2. The van der Waals surface area contributed by atoms with Crippen LogP contribution in [-0.4, -0.2) is 65.9 Å². The summed E-state index contributed by atoms with van der Waals surface area (Å²) in [4.78, 5) is 4.75. The van der Waals surface area contributed by atoms with Crippen molar-refractivity contribution in [3.05, 3.63) is 29.8 Å². The molecule has 158 valence electrons. The molecule has 2 aliphatic rings. The average Bonchev–Trinajstić information content (AvgIpc) is 2.62. The lowest BCUT2D eigenvalue weighted by molar-refractivity contribution is -0.159. The second kappa shape index (κ2) is 8.64. The quantitative estimate of drug-likeness (QED) is 0.786. The molecule has 4 nitrogen and oxygen atoms in total. The molecule has 1 aliphatic heterocycles. The maximum absolute atomic E-state index is 13.3. The van der Waals surface area contributed by atoms with Gasteiger partial charge in [0.2, 0.25) is 0 Å². The number of hydrogen-bond donors (Lipinski definition) is 1. The Morgan fingerprint density at radius 1 is 1.25 bits per heavy atom. The van der Waals surface area contributed by atoms with Crippen molar-refractivity contribution < 1.29 is 18.6 Å². The highest BCUT2D eigenvalue weighted by Crippen LogP contribution is 2.41. The first kappa shape index (κ1) is 21.5. The zero-order valence-corrected chi connectivity index (χ0v) is 17.3. The first-order valence-electron chi connectivity index (χ1n) is 10.5. The fraction of sp³-hybridized carbons (Fsp3) is 0.727. The summed E-state index contributed by atoms with van der Waals surface area (Å²) in [5.74, 6) is 0.0404. The third kappa shape index (κ3) is 5.43. The van der Waals surface area contributed by atoms with E-state index in [9.17, 15) is 13.9 Å². The molecule has 0 spiro atoms. The molecular weight excluding hydrogens is 362 g/mol. The van der Waals surface area contributed by atoms with Crippen molar-refractivity contribution in [3.63, 3.8) is 0 Å². The van der Waals surface area contributed by atoms with E-state index in [1.54, 1.807) is 18.2 Å². The van der Waals surface area contributed by atoms with Crippen molar-refractivity contribution >= 4 is 0 Å². The van der Waals surface area contributed by atoms with Gasteiger partial charge in [-0.05, 0) is 44.5 Å². The average molecular weight is 397 g/mol. The molecule has 1 aromatic carbocycles. The van der Waals surface area contributed by atoms with Crippen LogP contribution in [0.5, 0.6) is 5.75 Å². The predicted octanol–water partition coefficient (Wildman–Crippen LogP) is 4.09. The molecule has 2 fully saturated rings. The molecule has 1 aliphatic carbocycles. The van der Waals surface area contributed by atoms with Crippen molar-refractivity contribution in [1.82, 2.24) is 9.80 Å². The summed E-state index contributed by atoms with van der Waals surface area (Å²) in [6.45, 7) is 6.60. The number of piperazine rings is 1. The van der Waals surface area contributed by atoms with E-state index in [4.69, 9.17) is 4.74 Å². The Hall–Kier alpha value is -1.24. The van der Waals surface area contributed by atoms with Gasteiger partial charge in [-0.1, -0.05) is 31.4 Å². The molecule has 0 radical (unpaired) electrons. The summed E-state index contributed by atoms with van der Waals surface area (Å²) < 4.78 is 31.5. The number of likely N-dealkylation sites (N-methyl/N-ethyl adjacent to an activating group) is 1. The van der Waals surface area contributed by atoms with Crippen molar-refractivity contribution in [2.45, 2.75) is 69.6 Å². The van der Waals surface area contributed by atoms with E-state index >= 15 is 0 Å². The van der Waals surface area contributed by atoms with Gasteiger partial charge in [-0.3, -0.25) is 4.90 Å². The molecular formula is C22H34F2N2O2. The molecule has 0 unspecified atom stereocenters. The fourth-order valence-electron chi connectivity index (χ4n) is 4.65. The van der Waals surface area contributed by atoms with E-state index < -0.39 is 11.7 Å². The zero-order chi connectivity index (χ0) is 20.4. The Balaban J connectivity index is 1.85. The molecule has 6 heteroatoms. The van der Waals surface area contributed by atoms with Gasteiger partial charge in [-0.25, -0.2) is 0 Å². The molecule has 28 heavy (non-hydrogen) atoms. The van der Waals surface area contributed by atoms with Gasteiger partial charge < -0.3 is 14.7 Å². The van der Waals surface area contributed by atoms with E-state index in [1.165, 1.54) is 0 Å². The Bertz CT molecular complexity index is 644. The maximum atomic E-state index is 13.3. The monoisotopic (exact) mass is 396 g/mol. The van der Waals surface area contributed by atoms with Crippen LogP contribution in [0, 0.1) is 0 Å². The zero-order valence-electron chi connectivity index (χ0n) is 17.3. The van der Waals surface area contributed by atoms with Crippen LogP contribution in [-0.2, 0) is 0 Å². The van der Waals surface area contributed by atoms with E-state index in [0.29, 0.717) is 6.04 Å². The Morgan fingerprint density at radius 3 is 2.61 bits per heavy atom. The van der Waals surface area contributed by atoms with Crippen LogP contribution in [0.1, 0.15) is 57.4 Å². The van der Waals surface area contributed by atoms with Gasteiger partial charge in [0.05, 0.1) is 5.60 Å². The van der Waals surface area contributed by atoms with Crippen LogP contribution >= 0.6 is 0 Å². The van der Waals surface area contributed by atoms with Crippen LogP contribution in [0.2, 0.25) is 0 Å². The summed E-state index contributed by atoms with van der Waals surface area (Å²) in [5.41, 5.74) is 0.0933. The van der Waals surface area contributed by atoms with Gasteiger partial charge in [-0.15, -0.1) is 0 Å². The SMILES string of the molecule is C[C@H]1CN(C[C@H](c2cccc(OC(C)(F)F)c2)C2(O)CCCCC2)CCN1C. The fourth-order valence-corrected chi connectivity index (χ4v) is 4.65. The lowest BCUT2D eigenvalue weighted by Crippen LogP contribution is -2.53. The van der Waals surface area contributed by atoms with Gasteiger partial charge in [-0.2, -0.15) is 8.78 Å². The van der Waals surface area contributed by atoms with Crippen molar-refractivity contribution in [2.24, 2.45) is 0 Å². The highest BCUT2D eigenvalue weighted by Gasteiger charge is 2.40. The van der Waals surface area contributed by atoms with Crippen LogP contribution in [0.3, 0.4) is 0 Å². The van der Waals surface area contributed by atoms with Gasteiger partial charge in [0.15, 0.2) is 0 Å². The Kier molecular flexibility index (Phi) is 6.62. The highest BCUT2D eigenvalue weighted by molar-refractivity contribution is 5.33. The summed E-state index contributed by atoms with van der Waals surface area (Å²) in [6, 6.07) is 7.40. The molecule has 1 N–H and O–H groups in total. The predicted molar refractivity (Wildman–Crippen MR) is 107 cm³/mol. The second-order valence-electron chi connectivity index (χ2n) is 8.79. The van der Waals surface area contributed by atoms with Crippen LogP contribution < -0.4 is 4.74 Å². The van der Waals surface area contributed by atoms with Crippen LogP contribution in [0.15, 0.2) is 24.3 Å². The van der Waals surface area contributed by atoms with E-state index in [2.05, 4.69) is 23.8 Å². The first-order chi connectivity index (χ1) is 13.2. The summed E-state index contributed by atoms with van der Waals surface area (Å²) in [6.07, 6.45) is 1.46. The lowest BCUT2D eigenvalue weighted by Gasteiger charge is -2.44. The molecule has 1 saturated carbocycles. The molecule has 2 atom stereocenters. The maximum Gasteiger partial charge on any atom is 0.394 e. The normalized spacial score (nSPS) is 25.4. The van der Waals surface area contributed by atoms with E-state index in [0.717, 1.165) is 70.8 Å². The number of hydrogen-bond acceptors (Lipinski definition) is 4. The van der Waals surface area contributed by atoms with Gasteiger partial charge >= 0.3 is 6.11 Å². The number of benzene rings is 1. The van der Waals surface area contributed by atoms with Crippen molar-refractivity contribution in [2.75, 3.05) is 33.2 Å². The minimum atomic E-state index is -3.22. The molecule has 1 saturated heterocycles. The minimum absolute atomic E-state index is 0.113. The third-order valence-electron chi connectivity index (χ3n) is 6.41. The number of ether oxygens (including phenoxy) is 1. The molecule has 3 rings (SSSR count). The summed E-state index contributed by atoms with van der Waals surface area (Å²) in [7, 11) is 2.14. The molecule has 1 aromatic rings. The first-order valence-corrected chi connectivity index (χ1v) is 10.5. The van der Waals surface area contributed by atoms with Crippen LogP contribution in [0.4, 0.5) is 8.78 Å². The largest absolute Gasteiger partial charge is 0.433 e. The molecule has 1 heterocycles. The second-order valence-corrected chi connectivity index (χ2v) is 8.79. The standard InChI is InChI=1S/C22H34F2N2O2/c1-17-15-26(13-12-25(17)3)16-20(22(27)10-5-4-6-11-22)18-8-7-9-19(14-18)28-21(2,23)24/h7-9,14,17,20,27H,4-6,10-13,15-16H2,1-3H3/t17-,20+/m0/s1. The lowest BCUT2D eigenvalue weighted by atomic mass is 9.72. The number of aliphatic hydroxyl groups is 1. The Labute approximate surface area is 167 Å². The van der Waals surface area contributed by atoms with Gasteiger partial charge in [0.25, 0.3) is 0 Å². The molecule has 0 aromatic heterocycles. The smallest absolute Gasteiger partial charge is 0.394 e. The number of rotatable bonds is 6. The van der Waals surface area contributed by atoms with E-state index in [-0.39, 0.29) is 11.7 Å². The van der Waals surface area contributed by atoms with Crippen molar-refractivity contribution in [3.8, 4) is 5.75 Å².